The average Bonchev–Trinajstić information content (AvgIpc) is 3.27. The molecule has 0 aliphatic carbocycles. The third-order valence-corrected chi connectivity index (χ3v) is 5.57. The van der Waals surface area contributed by atoms with Crippen LogP contribution in [0.1, 0.15) is 34.3 Å². The van der Waals surface area contributed by atoms with Gasteiger partial charge in [0.1, 0.15) is 30.5 Å². The van der Waals surface area contributed by atoms with Crippen LogP contribution in [0.2, 0.25) is 0 Å². The zero-order valence-electron chi connectivity index (χ0n) is 14.2. The number of nitrogens with two attached hydrogens (primary N) is 1. The zero-order valence-corrected chi connectivity index (χ0v) is 15.0. The average molecular weight is 376 g/mol. The van der Waals surface area contributed by atoms with E-state index >= 15 is 0 Å². The van der Waals surface area contributed by atoms with Crippen LogP contribution in [0, 0.1) is 0 Å². The largest absolute Gasteiger partial charge is 0.485 e. The van der Waals surface area contributed by atoms with Crippen molar-refractivity contribution in [3.8, 4) is 11.5 Å². The molecule has 2 aliphatic heterocycles. The predicted octanol–water partition coefficient (Wildman–Crippen LogP) is 1.22. The molecule has 26 heavy (non-hydrogen) atoms. The van der Waals surface area contributed by atoms with Crippen molar-refractivity contribution in [3.63, 3.8) is 0 Å². The third kappa shape index (κ3) is 3.14. The first kappa shape index (κ1) is 16.9. The number of aromatic nitrogens is 2. The van der Waals surface area contributed by atoms with Crippen molar-refractivity contribution >= 4 is 23.2 Å². The van der Waals surface area contributed by atoms with Crippen LogP contribution < -0.4 is 15.2 Å². The van der Waals surface area contributed by atoms with Gasteiger partial charge in [-0.1, -0.05) is 0 Å². The highest BCUT2D eigenvalue weighted by Gasteiger charge is 2.32. The number of ether oxygens (including phenoxy) is 2. The molecule has 0 unspecified atom stereocenters. The monoisotopic (exact) mass is 376 g/mol. The number of primary amides is 1. The fourth-order valence-electron chi connectivity index (χ4n) is 3.51. The number of rotatable bonds is 4. The van der Waals surface area contributed by atoms with Gasteiger partial charge in [0.05, 0.1) is 0 Å². The van der Waals surface area contributed by atoms with Crippen LogP contribution in [0.25, 0.3) is 0 Å². The van der Waals surface area contributed by atoms with Gasteiger partial charge < -0.3 is 24.7 Å². The first-order valence-electron chi connectivity index (χ1n) is 8.59. The maximum Gasteiger partial charge on any atom is 0.267 e. The van der Waals surface area contributed by atoms with Crippen molar-refractivity contribution < 1.29 is 19.1 Å². The summed E-state index contributed by atoms with van der Waals surface area (Å²) in [6, 6.07) is 0. The van der Waals surface area contributed by atoms with E-state index in [1.165, 1.54) is 11.3 Å². The molecule has 0 saturated carbocycles. The molecular weight excluding hydrogens is 356 g/mol. The van der Waals surface area contributed by atoms with Crippen molar-refractivity contribution in [1.29, 1.82) is 0 Å². The molecule has 9 heteroatoms. The number of hydrogen-bond acceptors (Lipinski definition) is 6. The number of likely N-dealkylation sites (tertiary alicyclic amines) is 1. The molecule has 2 aromatic rings. The van der Waals surface area contributed by atoms with Crippen molar-refractivity contribution in [1.82, 2.24) is 14.5 Å². The van der Waals surface area contributed by atoms with Gasteiger partial charge in [-0.2, -0.15) is 0 Å². The van der Waals surface area contributed by atoms with Gasteiger partial charge in [-0.15, -0.1) is 11.3 Å². The van der Waals surface area contributed by atoms with Gasteiger partial charge in [-0.25, -0.2) is 4.98 Å². The Labute approximate surface area is 154 Å². The number of fused-ring (bicyclic) bond motifs is 1. The summed E-state index contributed by atoms with van der Waals surface area (Å²) in [5.74, 6) is 1.64. The molecule has 138 valence electrons. The lowest BCUT2D eigenvalue weighted by Crippen LogP contribution is -2.40. The second-order valence-electron chi connectivity index (χ2n) is 6.43. The van der Waals surface area contributed by atoms with Crippen LogP contribution in [0.4, 0.5) is 0 Å². The van der Waals surface area contributed by atoms with Crippen LogP contribution in [-0.2, 0) is 11.3 Å². The van der Waals surface area contributed by atoms with E-state index in [2.05, 4.69) is 4.98 Å². The van der Waals surface area contributed by atoms with Crippen LogP contribution in [0.5, 0.6) is 11.5 Å². The Morgan fingerprint density at radius 2 is 2.19 bits per heavy atom. The molecule has 0 aromatic carbocycles. The molecule has 0 bridgehead atoms. The smallest absolute Gasteiger partial charge is 0.267 e. The number of nitrogens with zero attached hydrogens (tertiary/aromatic N) is 3. The molecule has 1 fully saturated rings. The number of carbonyl (C=O) groups is 2. The second-order valence-corrected chi connectivity index (χ2v) is 7.30. The molecule has 8 nitrogen and oxygen atoms in total. The quantitative estimate of drug-likeness (QED) is 0.865. The van der Waals surface area contributed by atoms with E-state index in [0.717, 1.165) is 18.7 Å². The SMILES string of the molecule is NC(=O)Cn1ccnc1[C@H]1CCCN(C(=O)c2scc3c2OCCO3)C1. The predicted molar refractivity (Wildman–Crippen MR) is 94.6 cm³/mol. The Morgan fingerprint density at radius 1 is 1.35 bits per heavy atom. The molecular formula is C17H20N4O4S. The Bertz CT molecular complexity index is 831. The molecule has 4 rings (SSSR count). The fraction of sp³-hybridized carbons (Fsp3) is 0.471. The van der Waals surface area contributed by atoms with Gasteiger partial charge in [0.2, 0.25) is 5.91 Å². The number of amides is 2. The lowest BCUT2D eigenvalue weighted by Gasteiger charge is -2.32. The molecule has 4 heterocycles. The number of thiophene rings is 1. The summed E-state index contributed by atoms with van der Waals surface area (Å²) >= 11 is 1.35. The number of carbonyl (C=O) groups excluding carboxylic acids is 2. The first-order chi connectivity index (χ1) is 12.6. The maximum absolute atomic E-state index is 13.0. The summed E-state index contributed by atoms with van der Waals surface area (Å²) in [5.41, 5.74) is 5.31. The maximum atomic E-state index is 13.0. The summed E-state index contributed by atoms with van der Waals surface area (Å²) in [6.45, 7) is 2.31. The molecule has 1 saturated heterocycles. The summed E-state index contributed by atoms with van der Waals surface area (Å²) in [7, 11) is 0. The van der Waals surface area contributed by atoms with Crippen LogP contribution >= 0.6 is 11.3 Å². The lowest BCUT2D eigenvalue weighted by atomic mass is 9.97. The summed E-state index contributed by atoms with van der Waals surface area (Å²) in [5, 5.41) is 1.82. The third-order valence-electron chi connectivity index (χ3n) is 4.64. The van der Waals surface area contributed by atoms with E-state index in [9.17, 15) is 9.59 Å². The van der Waals surface area contributed by atoms with Crippen LogP contribution in [0.15, 0.2) is 17.8 Å². The van der Waals surface area contributed by atoms with E-state index in [1.807, 2.05) is 10.3 Å². The molecule has 2 N–H and O–H groups in total. The number of piperidine rings is 1. The molecule has 2 amide bonds. The summed E-state index contributed by atoms with van der Waals surface area (Å²) in [4.78, 5) is 31.1. The minimum Gasteiger partial charge on any atom is -0.485 e. The number of imidazole rings is 1. The highest BCUT2D eigenvalue weighted by atomic mass is 32.1. The molecule has 0 spiro atoms. The second kappa shape index (κ2) is 6.99. The van der Waals surface area contributed by atoms with Crippen molar-refractivity contribution in [2.75, 3.05) is 26.3 Å². The summed E-state index contributed by atoms with van der Waals surface area (Å²) < 4.78 is 12.9. The van der Waals surface area contributed by atoms with Crippen LogP contribution in [0.3, 0.4) is 0 Å². The van der Waals surface area contributed by atoms with E-state index in [4.69, 9.17) is 15.2 Å². The van der Waals surface area contributed by atoms with E-state index in [-0.39, 0.29) is 18.4 Å². The Morgan fingerprint density at radius 3 is 3.04 bits per heavy atom. The zero-order chi connectivity index (χ0) is 18.1. The van der Waals surface area contributed by atoms with Gasteiger partial charge >= 0.3 is 0 Å². The molecule has 0 radical (unpaired) electrons. The normalized spacial score (nSPS) is 19.4. The summed E-state index contributed by atoms with van der Waals surface area (Å²) in [6.07, 6.45) is 5.22. The van der Waals surface area contributed by atoms with Gasteiger partial charge in [0, 0.05) is 36.8 Å². The van der Waals surface area contributed by atoms with Crippen LogP contribution in [-0.4, -0.2) is 52.6 Å². The molecule has 2 aliphatic rings. The van der Waals surface area contributed by atoms with Gasteiger partial charge in [-0.3, -0.25) is 9.59 Å². The number of hydrogen-bond donors (Lipinski definition) is 1. The van der Waals surface area contributed by atoms with Crippen molar-refractivity contribution in [3.05, 3.63) is 28.5 Å². The standard InChI is InChI=1S/C17H20N4O4S/c18-13(22)9-20-5-3-19-16(20)11-2-1-4-21(8-11)17(23)15-14-12(10-26-15)24-6-7-25-14/h3,5,10-11H,1-2,4,6-9H2,(H2,18,22)/t11-/m0/s1. The van der Waals surface area contributed by atoms with Crippen molar-refractivity contribution in [2.24, 2.45) is 5.73 Å². The lowest BCUT2D eigenvalue weighted by molar-refractivity contribution is -0.118. The van der Waals surface area contributed by atoms with Gasteiger partial charge in [-0.05, 0) is 12.8 Å². The van der Waals surface area contributed by atoms with E-state index in [0.29, 0.717) is 42.7 Å². The minimum atomic E-state index is -0.407. The van der Waals surface area contributed by atoms with Gasteiger partial charge in [0.25, 0.3) is 5.91 Å². The van der Waals surface area contributed by atoms with Gasteiger partial charge in [0.15, 0.2) is 11.5 Å². The topological polar surface area (TPSA) is 99.7 Å². The Balaban J connectivity index is 1.52. The highest BCUT2D eigenvalue weighted by molar-refractivity contribution is 7.12. The molecule has 2 aromatic heterocycles. The van der Waals surface area contributed by atoms with E-state index < -0.39 is 5.91 Å². The highest BCUT2D eigenvalue weighted by Crippen LogP contribution is 2.40. The molecule has 1 atom stereocenters. The first-order valence-corrected chi connectivity index (χ1v) is 9.47. The Kier molecular flexibility index (Phi) is 4.54. The van der Waals surface area contributed by atoms with E-state index in [1.54, 1.807) is 17.0 Å². The Hall–Kier alpha value is -2.55. The van der Waals surface area contributed by atoms with Crippen molar-refractivity contribution in [2.45, 2.75) is 25.3 Å². The minimum absolute atomic E-state index is 0.0422. The fourth-order valence-corrected chi connectivity index (χ4v) is 4.41.